The molecule has 3 aromatic rings. The van der Waals surface area contributed by atoms with Crippen molar-refractivity contribution in [1.82, 2.24) is 15.2 Å². The number of carbonyl (C=O) groups is 4. The highest BCUT2D eigenvalue weighted by molar-refractivity contribution is 8.02. The number of anilines is 2. The van der Waals surface area contributed by atoms with Crippen LogP contribution in [0.2, 0.25) is 0 Å². The standard InChI is InChI=1S/C30H28F2N6O8S4/c1-3-46-28(44)16-22(39)13-8-14(31)21(37-6-4-5-7-37)17(32)23(13)50-29(16)48-10-12-9-47-26-19(25(41)38(26)20(12)27(42)43)35-24(40)18(36-45-2)15-11-49-30(33)34-15/h8,11,19,26H,3-7,9-10H2,1-2H3,(H2,33,34)(H,35,40)(H,42,43)/b36-18-/t19-,26+/m1/s1. The summed E-state index contributed by atoms with van der Waals surface area (Å²) in [5.74, 6) is -5.69. The van der Waals surface area contributed by atoms with E-state index in [9.17, 15) is 29.1 Å². The smallest absolute Gasteiger partial charge is 0.352 e. The Morgan fingerprint density at radius 3 is 2.62 bits per heavy atom. The number of β-lactam (4-membered cyclic amide) rings is 1. The molecule has 2 amide bonds. The van der Waals surface area contributed by atoms with E-state index in [1.807, 2.05) is 0 Å². The Bertz CT molecular complexity index is 2050. The Morgan fingerprint density at radius 2 is 1.98 bits per heavy atom. The zero-order chi connectivity index (χ0) is 35.9. The van der Waals surface area contributed by atoms with E-state index in [1.54, 1.807) is 11.8 Å². The van der Waals surface area contributed by atoms with Crippen molar-refractivity contribution < 1.29 is 42.6 Å². The lowest BCUT2D eigenvalue weighted by atomic mass is 10.0. The Morgan fingerprint density at radius 1 is 1.24 bits per heavy atom. The normalized spacial score (nSPS) is 19.0. The number of thioether (sulfide) groups is 2. The van der Waals surface area contributed by atoms with Crippen LogP contribution in [0.25, 0.3) is 10.1 Å². The van der Waals surface area contributed by atoms with Crippen LogP contribution >= 0.6 is 46.2 Å². The minimum atomic E-state index is -1.40. The molecule has 2 saturated heterocycles. The van der Waals surface area contributed by atoms with Crippen LogP contribution in [0.1, 0.15) is 35.8 Å². The minimum Gasteiger partial charge on any atom is -0.477 e. The Balaban J connectivity index is 1.29. The number of halogens is 2. The summed E-state index contributed by atoms with van der Waals surface area (Å²) in [7, 11) is 1.23. The number of nitrogens with two attached hydrogens (primary N) is 1. The van der Waals surface area contributed by atoms with Crippen LogP contribution in [-0.2, 0) is 24.0 Å². The monoisotopic (exact) mass is 766 g/mol. The number of aromatic nitrogens is 1. The molecule has 0 aliphatic carbocycles. The van der Waals surface area contributed by atoms with Gasteiger partial charge in [0, 0.05) is 35.4 Å². The fraction of sp³-hybridized carbons (Fsp3) is 0.367. The average molecular weight is 767 g/mol. The maximum atomic E-state index is 15.9. The molecule has 2 aromatic heterocycles. The van der Waals surface area contributed by atoms with Gasteiger partial charge in [0.15, 0.2) is 16.7 Å². The summed E-state index contributed by atoms with van der Waals surface area (Å²) in [5.41, 5.74) is 3.98. The number of nitrogens with zero attached hydrogens (tertiary/aromatic N) is 4. The second-order valence-corrected chi connectivity index (χ2v) is 15.3. The van der Waals surface area contributed by atoms with Gasteiger partial charge in [-0.2, -0.15) is 0 Å². The third-order valence-corrected chi connectivity index (χ3v) is 12.6. The summed E-state index contributed by atoms with van der Waals surface area (Å²) in [4.78, 5) is 76.9. The predicted molar refractivity (Wildman–Crippen MR) is 186 cm³/mol. The van der Waals surface area contributed by atoms with Gasteiger partial charge in [-0.1, -0.05) is 5.16 Å². The van der Waals surface area contributed by atoms with Gasteiger partial charge in [0.05, 0.1) is 15.5 Å². The molecule has 6 rings (SSSR count). The molecule has 0 spiro atoms. The number of carbonyl (C=O) groups excluding carboxylic acids is 3. The van der Waals surface area contributed by atoms with Crippen molar-refractivity contribution in [3.8, 4) is 0 Å². The van der Waals surface area contributed by atoms with E-state index in [-0.39, 0.29) is 65.9 Å². The van der Waals surface area contributed by atoms with Gasteiger partial charge in [0.1, 0.15) is 47.0 Å². The van der Waals surface area contributed by atoms with Crippen LogP contribution in [0.15, 0.2) is 36.9 Å². The number of thiazole rings is 1. The number of amides is 2. The maximum absolute atomic E-state index is 15.9. The lowest BCUT2D eigenvalue weighted by Gasteiger charge is -2.49. The summed E-state index contributed by atoms with van der Waals surface area (Å²) in [6.45, 7) is 2.37. The fourth-order valence-corrected chi connectivity index (χ4v) is 10.3. The zero-order valence-corrected chi connectivity index (χ0v) is 29.6. The molecule has 3 aliphatic rings. The number of nitrogen functional groups attached to an aromatic ring is 1. The summed E-state index contributed by atoms with van der Waals surface area (Å²) >= 11 is 3.95. The van der Waals surface area contributed by atoms with E-state index in [1.165, 1.54) is 24.3 Å². The molecule has 2 atom stereocenters. The van der Waals surface area contributed by atoms with Gasteiger partial charge in [-0.15, -0.1) is 46.2 Å². The summed E-state index contributed by atoms with van der Waals surface area (Å²) in [5, 5.41) is 17.1. The Labute approximate surface area is 298 Å². The quantitative estimate of drug-likeness (QED) is 0.0848. The highest BCUT2D eigenvalue weighted by atomic mass is 32.2. The number of esters is 1. The van der Waals surface area contributed by atoms with E-state index < -0.39 is 57.8 Å². The van der Waals surface area contributed by atoms with Crippen LogP contribution < -0.4 is 21.4 Å². The Kier molecular flexibility index (Phi) is 10.3. The highest BCUT2D eigenvalue weighted by Crippen LogP contribution is 2.43. The predicted octanol–water partition coefficient (Wildman–Crippen LogP) is 3.24. The first kappa shape index (κ1) is 35.6. The fourth-order valence-electron chi connectivity index (χ4n) is 5.79. The van der Waals surface area contributed by atoms with Gasteiger partial charge in [0.25, 0.3) is 11.8 Å². The van der Waals surface area contributed by atoms with E-state index in [0.29, 0.717) is 13.1 Å². The number of ether oxygens (including phenoxy) is 1. The molecule has 0 unspecified atom stereocenters. The number of aliphatic carboxylic acids is 1. The van der Waals surface area contributed by atoms with Gasteiger partial charge in [-0.3, -0.25) is 19.3 Å². The number of hydrogen-bond donors (Lipinski definition) is 3. The van der Waals surface area contributed by atoms with E-state index in [2.05, 4.69) is 15.5 Å². The molecule has 0 bridgehead atoms. The van der Waals surface area contributed by atoms with Crippen molar-refractivity contribution >= 4 is 96.6 Å². The summed E-state index contributed by atoms with van der Waals surface area (Å²) < 4.78 is 36.1. The largest absolute Gasteiger partial charge is 0.477 e. The highest BCUT2D eigenvalue weighted by Gasteiger charge is 2.54. The van der Waals surface area contributed by atoms with Crippen LogP contribution in [0.4, 0.5) is 19.6 Å². The lowest BCUT2D eigenvalue weighted by Crippen LogP contribution is -2.71. The van der Waals surface area contributed by atoms with E-state index in [0.717, 1.165) is 58.2 Å². The topological polar surface area (TPSA) is 194 Å². The van der Waals surface area contributed by atoms with Crippen molar-refractivity contribution in [2.45, 2.75) is 35.4 Å². The van der Waals surface area contributed by atoms with Gasteiger partial charge in [0.2, 0.25) is 5.43 Å². The summed E-state index contributed by atoms with van der Waals surface area (Å²) in [6, 6.07) is -0.157. The lowest BCUT2D eigenvalue weighted by molar-refractivity contribution is -0.150. The third kappa shape index (κ3) is 6.40. The molecule has 14 nitrogen and oxygen atoms in total. The number of nitrogens with one attached hydrogen (secondary N) is 1. The maximum Gasteiger partial charge on any atom is 0.352 e. The molecule has 50 heavy (non-hydrogen) atoms. The third-order valence-electron chi connectivity index (χ3n) is 8.00. The summed E-state index contributed by atoms with van der Waals surface area (Å²) in [6.07, 6.45) is 1.52. The van der Waals surface area contributed by atoms with Crippen molar-refractivity contribution in [2.75, 3.05) is 48.9 Å². The van der Waals surface area contributed by atoms with Gasteiger partial charge in [-0.25, -0.2) is 23.4 Å². The van der Waals surface area contributed by atoms with Gasteiger partial charge >= 0.3 is 11.9 Å². The van der Waals surface area contributed by atoms with Crippen molar-refractivity contribution in [1.29, 1.82) is 0 Å². The second-order valence-electron chi connectivity index (χ2n) is 11.0. The SMILES string of the molecule is CCOC(=O)c1c(SCC2=C(C(=O)O)N3C(=O)[C@@H](NC(=O)/C(=N\OC)c4csc(N)n4)[C@@H]3SC2)sc2c(F)c(N3CCCC3)c(F)cc2c1=O. The van der Waals surface area contributed by atoms with Crippen LogP contribution in [0.5, 0.6) is 0 Å². The first-order valence-electron chi connectivity index (χ1n) is 15.0. The molecule has 1 aromatic carbocycles. The molecule has 5 heterocycles. The van der Waals surface area contributed by atoms with E-state index >= 15 is 8.78 Å². The number of carboxylic acids is 1. The van der Waals surface area contributed by atoms with Crippen LogP contribution in [-0.4, -0.2) is 94.2 Å². The van der Waals surface area contributed by atoms with Crippen molar-refractivity contribution in [3.05, 3.63) is 55.8 Å². The number of carboxylic acid groups (broad SMARTS) is 1. The molecule has 2 fully saturated rings. The van der Waals surface area contributed by atoms with Crippen LogP contribution in [0, 0.1) is 11.6 Å². The van der Waals surface area contributed by atoms with Crippen molar-refractivity contribution in [2.24, 2.45) is 5.16 Å². The second kappa shape index (κ2) is 14.5. The molecule has 3 aliphatic heterocycles. The van der Waals surface area contributed by atoms with E-state index in [4.69, 9.17) is 15.3 Å². The Hall–Kier alpha value is -4.27. The number of benzene rings is 1. The van der Waals surface area contributed by atoms with Crippen molar-refractivity contribution in [3.63, 3.8) is 0 Å². The van der Waals surface area contributed by atoms with Gasteiger partial charge in [-0.05, 0) is 31.4 Å². The minimum absolute atomic E-state index is 0.0518. The number of oxime groups is 1. The number of hydrogen-bond acceptors (Lipinski definition) is 15. The molecule has 0 saturated carbocycles. The van der Waals surface area contributed by atoms with Crippen LogP contribution in [0.3, 0.4) is 0 Å². The van der Waals surface area contributed by atoms with Gasteiger partial charge < -0.3 is 30.6 Å². The number of rotatable bonds is 11. The molecule has 264 valence electrons. The zero-order valence-electron chi connectivity index (χ0n) is 26.3. The molecular weight excluding hydrogens is 739 g/mol. The average Bonchev–Trinajstić information content (AvgIpc) is 3.77. The first-order chi connectivity index (χ1) is 24.0. The number of fused-ring (bicyclic) bond motifs is 2. The first-order valence-corrected chi connectivity index (χ1v) is 18.8. The molecule has 20 heteroatoms. The molecule has 4 N–H and O–H groups in total. The molecular formula is C30H28F2N6O8S4. The molecule has 0 radical (unpaired) electrons.